The third-order valence-electron chi connectivity index (χ3n) is 5.33. The van der Waals surface area contributed by atoms with Gasteiger partial charge in [-0.1, -0.05) is 11.2 Å². The number of hydrogen-bond acceptors (Lipinski definition) is 5. The van der Waals surface area contributed by atoms with Crippen molar-refractivity contribution in [2.45, 2.75) is 39.0 Å². The Morgan fingerprint density at radius 1 is 1.32 bits per heavy atom. The van der Waals surface area contributed by atoms with Gasteiger partial charge < -0.3 is 24.6 Å². The molecule has 28 heavy (non-hydrogen) atoms. The van der Waals surface area contributed by atoms with Gasteiger partial charge in [0.1, 0.15) is 0 Å². The third-order valence-corrected chi connectivity index (χ3v) is 5.33. The largest absolute Gasteiger partial charge is 0.465 e. The third kappa shape index (κ3) is 5.69. The van der Waals surface area contributed by atoms with Crippen LogP contribution >= 0.6 is 0 Å². The fourth-order valence-corrected chi connectivity index (χ4v) is 3.64. The Labute approximate surface area is 167 Å². The van der Waals surface area contributed by atoms with E-state index in [1.807, 2.05) is 14.1 Å². The molecule has 156 valence electrons. The first-order valence-electron chi connectivity index (χ1n) is 9.93. The Balaban J connectivity index is 0.000000878. The Morgan fingerprint density at radius 2 is 2.00 bits per heavy atom. The summed E-state index contributed by atoms with van der Waals surface area (Å²) in [7, 11) is 5.46. The van der Waals surface area contributed by atoms with Gasteiger partial charge >= 0.3 is 6.09 Å². The van der Waals surface area contributed by atoms with E-state index in [4.69, 9.17) is 14.4 Å². The van der Waals surface area contributed by atoms with E-state index in [0.717, 1.165) is 54.3 Å². The number of amides is 1. The number of rotatable bonds is 6. The fourth-order valence-electron chi connectivity index (χ4n) is 3.64. The second-order valence-electron chi connectivity index (χ2n) is 7.35. The lowest BCUT2D eigenvalue weighted by Gasteiger charge is -2.29. The lowest BCUT2D eigenvalue weighted by molar-refractivity contribution is 0.123. The number of piperidine rings is 1. The number of carboxylic acid groups (broad SMARTS) is 1. The summed E-state index contributed by atoms with van der Waals surface area (Å²) in [4.78, 5) is 12.5. The molecule has 2 N–H and O–H groups in total. The lowest BCUT2D eigenvalue weighted by atomic mass is 9.91. The Bertz CT molecular complexity index is 751. The van der Waals surface area contributed by atoms with E-state index in [2.05, 4.69) is 29.5 Å². The molecule has 1 aromatic carbocycles. The quantitative estimate of drug-likeness (QED) is 0.784. The molecule has 1 aliphatic rings. The number of nitrogens with one attached hydrogen (secondary N) is 1. The molecule has 2 heterocycles. The summed E-state index contributed by atoms with van der Waals surface area (Å²) in [6, 6.07) is 4.24. The van der Waals surface area contributed by atoms with Crippen LogP contribution in [0.25, 0.3) is 11.0 Å². The molecular weight excluding hydrogens is 358 g/mol. The van der Waals surface area contributed by atoms with Crippen LogP contribution in [0.1, 0.15) is 36.1 Å². The molecular formula is C21H33N3O4. The zero-order chi connectivity index (χ0) is 20.5. The van der Waals surface area contributed by atoms with Crippen molar-refractivity contribution in [3.63, 3.8) is 0 Å². The molecule has 3 rings (SSSR count). The molecule has 7 heteroatoms. The number of benzene rings is 1. The second-order valence-corrected chi connectivity index (χ2v) is 7.35. The number of likely N-dealkylation sites (tertiary alicyclic amines) is 1. The summed E-state index contributed by atoms with van der Waals surface area (Å²) in [6.45, 7) is 4.05. The molecule has 0 radical (unpaired) electrons. The Kier molecular flexibility index (Phi) is 8.73. The monoisotopic (exact) mass is 391 g/mol. The maximum absolute atomic E-state index is 11.0. The van der Waals surface area contributed by atoms with Crippen LogP contribution < -0.4 is 5.32 Å². The van der Waals surface area contributed by atoms with Crippen LogP contribution in [0.3, 0.4) is 0 Å². The molecule has 1 saturated heterocycles. The molecule has 1 amide bonds. The highest BCUT2D eigenvalue weighted by Crippen LogP contribution is 2.28. The summed E-state index contributed by atoms with van der Waals surface area (Å²) in [5, 5.41) is 17.2. The van der Waals surface area contributed by atoms with Crippen LogP contribution in [0.4, 0.5) is 4.79 Å². The van der Waals surface area contributed by atoms with E-state index in [1.165, 1.54) is 10.5 Å². The van der Waals surface area contributed by atoms with Gasteiger partial charge in [-0.05, 0) is 76.2 Å². The van der Waals surface area contributed by atoms with Crippen molar-refractivity contribution in [3.05, 3.63) is 29.0 Å². The van der Waals surface area contributed by atoms with Crippen LogP contribution in [0.2, 0.25) is 0 Å². The molecule has 0 aliphatic carbocycles. The first-order valence-corrected chi connectivity index (χ1v) is 9.93. The van der Waals surface area contributed by atoms with Crippen LogP contribution in [-0.2, 0) is 17.6 Å². The maximum atomic E-state index is 11.0. The zero-order valence-corrected chi connectivity index (χ0v) is 17.5. The first-order chi connectivity index (χ1) is 13.5. The number of methoxy groups -OCH3 is 1. The lowest BCUT2D eigenvalue weighted by Crippen LogP contribution is -2.37. The molecule has 0 bridgehead atoms. The Morgan fingerprint density at radius 3 is 2.61 bits per heavy atom. The fraction of sp³-hybridized carbons (Fsp3) is 0.619. The summed E-state index contributed by atoms with van der Waals surface area (Å²) in [5.74, 6) is 0.560. The van der Waals surface area contributed by atoms with Crippen molar-refractivity contribution in [2.75, 3.05) is 40.9 Å². The van der Waals surface area contributed by atoms with Gasteiger partial charge in [0.2, 0.25) is 0 Å². The minimum atomic E-state index is -0.805. The number of aromatic nitrogens is 1. The average Bonchev–Trinajstić information content (AvgIpc) is 3.11. The van der Waals surface area contributed by atoms with Gasteiger partial charge in [0, 0.05) is 25.6 Å². The molecule has 7 nitrogen and oxygen atoms in total. The molecule has 2 aromatic rings. The van der Waals surface area contributed by atoms with E-state index >= 15 is 0 Å². The zero-order valence-electron chi connectivity index (χ0n) is 17.5. The normalized spacial score (nSPS) is 14.8. The van der Waals surface area contributed by atoms with Crippen LogP contribution in [0, 0.1) is 12.8 Å². The number of nitrogens with zero attached hydrogens (tertiary/aromatic N) is 2. The predicted octanol–water partition coefficient (Wildman–Crippen LogP) is 3.48. The van der Waals surface area contributed by atoms with Crippen molar-refractivity contribution >= 4 is 17.1 Å². The van der Waals surface area contributed by atoms with Crippen LogP contribution in [-0.4, -0.2) is 62.2 Å². The second kappa shape index (κ2) is 11.0. The van der Waals surface area contributed by atoms with E-state index in [0.29, 0.717) is 25.6 Å². The molecule has 0 saturated carbocycles. The topological polar surface area (TPSA) is 87.8 Å². The van der Waals surface area contributed by atoms with Gasteiger partial charge in [0.25, 0.3) is 0 Å². The SMILES string of the molecule is CNC.COCCc1ccc2c(CCC3CCN(C(=O)O)CC3)noc2c1C. The summed E-state index contributed by atoms with van der Waals surface area (Å²) in [5.41, 5.74) is 4.27. The van der Waals surface area contributed by atoms with Crippen LogP contribution in [0.15, 0.2) is 16.7 Å². The summed E-state index contributed by atoms with van der Waals surface area (Å²) < 4.78 is 10.8. The van der Waals surface area contributed by atoms with E-state index in [9.17, 15) is 4.79 Å². The number of carbonyl (C=O) groups is 1. The van der Waals surface area contributed by atoms with Crippen molar-refractivity contribution < 1.29 is 19.2 Å². The number of fused-ring (bicyclic) bond motifs is 1. The molecule has 1 aromatic heterocycles. The number of ether oxygens (including phenoxy) is 1. The molecule has 1 aliphatic heterocycles. The highest BCUT2D eigenvalue weighted by molar-refractivity contribution is 5.83. The summed E-state index contributed by atoms with van der Waals surface area (Å²) >= 11 is 0. The van der Waals surface area contributed by atoms with Gasteiger partial charge in [-0.25, -0.2) is 4.79 Å². The van der Waals surface area contributed by atoms with Crippen molar-refractivity contribution in [1.29, 1.82) is 0 Å². The van der Waals surface area contributed by atoms with Crippen molar-refractivity contribution in [2.24, 2.45) is 5.92 Å². The predicted molar refractivity (Wildman–Crippen MR) is 110 cm³/mol. The Hall–Kier alpha value is -2.12. The van der Waals surface area contributed by atoms with Gasteiger partial charge in [-0.3, -0.25) is 0 Å². The highest BCUT2D eigenvalue weighted by Gasteiger charge is 2.23. The van der Waals surface area contributed by atoms with E-state index in [-0.39, 0.29) is 0 Å². The highest BCUT2D eigenvalue weighted by atomic mass is 16.5. The van der Waals surface area contributed by atoms with Crippen molar-refractivity contribution in [3.8, 4) is 0 Å². The molecule has 0 spiro atoms. The molecule has 0 unspecified atom stereocenters. The molecule has 1 fully saturated rings. The molecule has 0 atom stereocenters. The van der Waals surface area contributed by atoms with Gasteiger partial charge in [0.15, 0.2) is 5.58 Å². The number of aryl methyl sites for hydroxylation is 2. The smallest absolute Gasteiger partial charge is 0.407 e. The van der Waals surface area contributed by atoms with Gasteiger partial charge in [-0.2, -0.15) is 0 Å². The first kappa shape index (κ1) is 22.2. The van der Waals surface area contributed by atoms with Crippen LogP contribution in [0.5, 0.6) is 0 Å². The minimum absolute atomic E-state index is 0.560. The summed E-state index contributed by atoms with van der Waals surface area (Å²) in [6.07, 6.45) is 3.84. The standard InChI is InChI=1S/C19H26N2O4.C2H7N/c1-13-15(9-12-24-2)4-5-16-17(20-25-18(13)16)6-3-14-7-10-21(11-8-14)19(22)23;1-3-2/h4-5,14H,3,6-12H2,1-2H3,(H,22,23);3H,1-2H3. The average molecular weight is 392 g/mol. The maximum Gasteiger partial charge on any atom is 0.407 e. The minimum Gasteiger partial charge on any atom is -0.465 e. The van der Waals surface area contributed by atoms with Gasteiger partial charge in [0.05, 0.1) is 12.3 Å². The number of hydrogen-bond donors (Lipinski definition) is 2. The van der Waals surface area contributed by atoms with E-state index in [1.54, 1.807) is 7.11 Å². The van der Waals surface area contributed by atoms with Crippen molar-refractivity contribution in [1.82, 2.24) is 15.4 Å². The van der Waals surface area contributed by atoms with E-state index < -0.39 is 6.09 Å². The van der Waals surface area contributed by atoms with Gasteiger partial charge in [-0.15, -0.1) is 0 Å².